The van der Waals surface area contributed by atoms with Gasteiger partial charge in [0.2, 0.25) is 5.91 Å². The van der Waals surface area contributed by atoms with Gasteiger partial charge in [-0.2, -0.15) is 13.2 Å². The quantitative estimate of drug-likeness (QED) is 0.561. The summed E-state index contributed by atoms with van der Waals surface area (Å²) < 4.78 is 39.9. The Morgan fingerprint density at radius 1 is 1.11 bits per heavy atom. The van der Waals surface area contributed by atoms with E-state index in [1.54, 1.807) is 12.3 Å². The number of benzene rings is 1. The second kappa shape index (κ2) is 11.3. The minimum absolute atomic E-state index is 0.139. The van der Waals surface area contributed by atoms with Crippen LogP contribution in [-0.2, 0) is 17.5 Å². The van der Waals surface area contributed by atoms with Crippen molar-refractivity contribution in [3.63, 3.8) is 0 Å². The van der Waals surface area contributed by atoms with Crippen molar-refractivity contribution in [3.8, 4) is 0 Å². The van der Waals surface area contributed by atoms with E-state index in [2.05, 4.69) is 20.0 Å². The van der Waals surface area contributed by atoms with Crippen molar-refractivity contribution in [1.29, 1.82) is 0 Å². The van der Waals surface area contributed by atoms with Crippen LogP contribution in [0.5, 0.6) is 0 Å². The molecule has 0 atom stereocenters. The maximum Gasteiger partial charge on any atom is 0.407 e. The lowest BCUT2D eigenvalue weighted by Crippen LogP contribution is -2.38. The van der Waals surface area contributed by atoms with Crippen LogP contribution in [0.2, 0.25) is 0 Å². The van der Waals surface area contributed by atoms with Gasteiger partial charge < -0.3 is 15.3 Å². The fourth-order valence-corrected chi connectivity index (χ4v) is 4.85. The number of hydrogen-bond acceptors (Lipinski definition) is 5. The Labute approximate surface area is 208 Å². The van der Waals surface area contributed by atoms with Gasteiger partial charge in [-0.05, 0) is 68.5 Å². The molecule has 0 bridgehead atoms. The Morgan fingerprint density at radius 3 is 2.42 bits per heavy atom. The highest BCUT2D eigenvalue weighted by Gasteiger charge is 2.34. The van der Waals surface area contributed by atoms with Gasteiger partial charge in [0, 0.05) is 44.0 Å². The average Bonchev–Trinajstić information content (AvgIpc) is 2.89. The van der Waals surface area contributed by atoms with E-state index >= 15 is 0 Å². The number of pyridine rings is 1. The smallest absolute Gasteiger partial charge is 0.396 e. The normalized spacial score (nSPS) is 18.1. The number of rotatable bonds is 6. The van der Waals surface area contributed by atoms with Crippen LogP contribution in [0.3, 0.4) is 0 Å². The third kappa shape index (κ3) is 6.33. The summed E-state index contributed by atoms with van der Waals surface area (Å²) in [5.41, 5.74) is 0.127. The van der Waals surface area contributed by atoms with Crippen LogP contribution in [0.25, 0.3) is 4.85 Å². The van der Waals surface area contributed by atoms with Gasteiger partial charge in [-0.1, -0.05) is 12.1 Å². The highest BCUT2D eigenvalue weighted by atomic mass is 19.4. The molecule has 0 saturated carbocycles. The number of piperidine rings is 2. The number of halogens is 3. The minimum Gasteiger partial charge on any atom is -0.396 e. The Hall–Kier alpha value is -3.16. The summed E-state index contributed by atoms with van der Waals surface area (Å²) in [4.78, 5) is 24.3. The summed E-state index contributed by atoms with van der Waals surface area (Å²) >= 11 is 0. The maximum absolute atomic E-state index is 13.3. The molecular formula is C26H30F3N5O2. The van der Waals surface area contributed by atoms with Crippen molar-refractivity contribution in [2.45, 2.75) is 38.4 Å². The number of anilines is 2. The molecule has 2 aliphatic heterocycles. The molecule has 7 nitrogen and oxygen atoms in total. The minimum atomic E-state index is -4.59. The first-order valence-corrected chi connectivity index (χ1v) is 12.2. The van der Waals surface area contributed by atoms with E-state index in [-0.39, 0.29) is 18.4 Å². The largest absolute Gasteiger partial charge is 0.407 e. The lowest BCUT2D eigenvalue weighted by molar-refractivity contribution is -0.136. The van der Waals surface area contributed by atoms with Gasteiger partial charge in [-0.25, -0.2) is 9.83 Å². The zero-order chi connectivity index (χ0) is 25.7. The first kappa shape index (κ1) is 25.9. The second-order valence-corrected chi connectivity index (χ2v) is 9.52. The van der Waals surface area contributed by atoms with Crippen LogP contribution >= 0.6 is 0 Å². The van der Waals surface area contributed by atoms with E-state index in [4.69, 9.17) is 6.57 Å². The molecule has 2 fully saturated rings. The SMILES string of the molecule is [C-]#[N+]c1ccc(N2CCC(C(=O)Nc3ccc(CN4CCC(CO)CC4)cn3)CC2)cc1C(F)(F)F. The predicted octanol–water partition coefficient (Wildman–Crippen LogP) is 4.71. The van der Waals surface area contributed by atoms with Gasteiger partial charge in [0.15, 0.2) is 5.69 Å². The summed E-state index contributed by atoms with van der Waals surface area (Å²) in [5.74, 6) is 0.488. The lowest BCUT2D eigenvalue weighted by Gasteiger charge is -2.33. The molecule has 1 aromatic heterocycles. The summed E-state index contributed by atoms with van der Waals surface area (Å²) in [5, 5.41) is 12.1. The number of alkyl halides is 3. The molecule has 36 heavy (non-hydrogen) atoms. The highest BCUT2D eigenvalue weighted by molar-refractivity contribution is 5.91. The highest BCUT2D eigenvalue weighted by Crippen LogP contribution is 2.39. The summed E-state index contributed by atoms with van der Waals surface area (Å²) in [6.07, 6.45) is 0.188. The molecule has 0 unspecified atom stereocenters. The molecule has 1 amide bonds. The molecule has 2 aromatic rings. The number of amides is 1. The molecular weight excluding hydrogens is 471 g/mol. The third-order valence-corrected chi connectivity index (χ3v) is 7.08. The van der Waals surface area contributed by atoms with Crippen molar-refractivity contribution < 1.29 is 23.1 Å². The van der Waals surface area contributed by atoms with Crippen LogP contribution in [0.4, 0.5) is 30.4 Å². The molecule has 0 radical (unpaired) electrons. The number of nitrogens with zero attached hydrogens (tertiary/aromatic N) is 4. The molecule has 192 valence electrons. The van der Waals surface area contributed by atoms with Crippen molar-refractivity contribution >= 4 is 23.1 Å². The fraction of sp³-hybridized carbons (Fsp3) is 0.500. The van der Waals surface area contributed by atoms with Crippen LogP contribution in [0.15, 0.2) is 36.5 Å². The van der Waals surface area contributed by atoms with Crippen molar-refractivity contribution in [1.82, 2.24) is 9.88 Å². The van der Waals surface area contributed by atoms with Crippen LogP contribution in [-0.4, -0.2) is 53.7 Å². The second-order valence-electron chi connectivity index (χ2n) is 9.52. The van der Waals surface area contributed by atoms with Gasteiger partial charge >= 0.3 is 6.18 Å². The number of nitrogens with one attached hydrogen (secondary N) is 1. The number of likely N-dealkylation sites (tertiary alicyclic amines) is 1. The monoisotopic (exact) mass is 501 g/mol. The van der Waals surface area contributed by atoms with Crippen LogP contribution in [0, 0.1) is 18.4 Å². The van der Waals surface area contributed by atoms with Crippen molar-refractivity contribution in [3.05, 3.63) is 59.1 Å². The Morgan fingerprint density at radius 2 is 1.83 bits per heavy atom. The van der Waals surface area contributed by atoms with E-state index in [1.807, 2.05) is 11.0 Å². The predicted molar refractivity (Wildman–Crippen MR) is 131 cm³/mol. The van der Waals surface area contributed by atoms with E-state index in [1.165, 1.54) is 12.1 Å². The van der Waals surface area contributed by atoms with Gasteiger partial charge in [0.25, 0.3) is 0 Å². The zero-order valence-corrected chi connectivity index (χ0v) is 20.0. The zero-order valence-electron chi connectivity index (χ0n) is 20.0. The number of aliphatic hydroxyl groups excluding tert-OH is 1. The molecule has 4 rings (SSSR count). The molecule has 2 N–H and O–H groups in total. The van der Waals surface area contributed by atoms with E-state index < -0.39 is 17.4 Å². The van der Waals surface area contributed by atoms with E-state index in [0.29, 0.717) is 43.4 Å². The molecule has 10 heteroatoms. The molecule has 3 heterocycles. The fourth-order valence-electron chi connectivity index (χ4n) is 4.85. The number of carbonyl (C=O) groups is 1. The van der Waals surface area contributed by atoms with Gasteiger partial charge in [0.05, 0.1) is 12.1 Å². The topological polar surface area (TPSA) is 73.1 Å². The first-order chi connectivity index (χ1) is 17.3. The summed E-state index contributed by atoms with van der Waals surface area (Å²) in [6.45, 7) is 10.8. The average molecular weight is 502 g/mol. The Bertz CT molecular complexity index is 1080. The third-order valence-electron chi connectivity index (χ3n) is 7.08. The van der Waals surface area contributed by atoms with Crippen molar-refractivity contribution in [2.24, 2.45) is 11.8 Å². The Balaban J connectivity index is 1.28. The van der Waals surface area contributed by atoms with E-state index in [9.17, 15) is 23.1 Å². The number of hydrogen-bond donors (Lipinski definition) is 2. The number of carbonyl (C=O) groups excluding carboxylic acids is 1. The molecule has 2 saturated heterocycles. The molecule has 1 aromatic carbocycles. The molecule has 0 aliphatic carbocycles. The molecule has 2 aliphatic rings. The van der Waals surface area contributed by atoms with Crippen molar-refractivity contribution in [2.75, 3.05) is 43.0 Å². The summed E-state index contributed by atoms with van der Waals surface area (Å²) in [7, 11) is 0. The maximum atomic E-state index is 13.3. The molecule has 0 spiro atoms. The van der Waals surface area contributed by atoms with Gasteiger partial charge in [-0.15, -0.1) is 0 Å². The first-order valence-electron chi connectivity index (χ1n) is 12.2. The van der Waals surface area contributed by atoms with Crippen LogP contribution in [0.1, 0.15) is 36.8 Å². The lowest BCUT2D eigenvalue weighted by atomic mass is 9.95. The van der Waals surface area contributed by atoms with E-state index in [0.717, 1.165) is 44.1 Å². The summed E-state index contributed by atoms with van der Waals surface area (Å²) in [6, 6.07) is 7.50. The standard InChI is InChI=1S/C26H30F3N5O2/c1-30-23-4-3-21(14-22(23)26(27,28)29)34-12-8-20(9-13-34)25(36)32-24-5-2-19(15-31-24)16-33-10-6-18(17-35)7-11-33/h2-5,14-15,18,20,35H,6-13,16-17H2,(H,31,32,36). The van der Waals surface area contributed by atoms with Gasteiger partial charge in [-0.3, -0.25) is 9.69 Å². The number of aliphatic hydroxyl groups is 1. The van der Waals surface area contributed by atoms with Gasteiger partial charge in [0.1, 0.15) is 5.82 Å². The Kier molecular flexibility index (Phi) is 8.11. The number of aromatic nitrogens is 1. The van der Waals surface area contributed by atoms with Crippen LogP contribution < -0.4 is 10.2 Å².